The molecule has 1 aromatic carbocycles. The molecule has 2 N–H and O–H groups in total. The number of hydrogen-bond acceptors (Lipinski definition) is 3. The molecule has 0 aliphatic carbocycles. The van der Waals surface area contributed by atoms with Gasteiger partial charge in [0.25, 0.3) is 0 Å². The largest absolute Gasteiger partial charge is 0.364 e. The van der Waals surface area contributed by atoms with E-state index in [0.717, 1.165) is 43.6 Å². The van der Waals surface area contributed by atoms with E-state index in [1.165, 1.54) is 6.07 Å². The summed E-state index contributed by atoms with van der Waals surface area (Å²) in [5.74, 6) is -0.168. The Bertz CT molecular complexity index is 691. The van der Waals surface area contributed by atoms with Gasteiger partial charge in [-0.3, -0.25) is 4.90 Å². The Labute approximate surface area is 115 Å². The summed E-state index contributed by atoms with van der Waals surface area (Å²) in [5.41, 5.74) is 2.31. The Morgan fingerprint density at radius 1 is 1.16 bits per heavy atom. The van der Waals surface area contributed by atoms with Gasteiger partial charge in [-0.2, -0.15) is 0 Å². The molecular weight excluding hydrogens is 263 g/mol. The topological polar surface area (TPSA) is 38.1 Å². The third-order valence-corrected chi connectivity index (χ3v) is 4.44. The predicted molar refractivity (Wildman–Crippen MR) is 75.6 cm³/mol. The van der Waals surface area contributed by atoms with Gasteiger partial charge in [-0.25, -0.2) is 4.39 Å². The van der Waals surface area contributed by atoms with Crippen LogP contribution >= 0.6 is 12.2 Å². The van der Waals surface area contributed by atoms with Crippen LogP contribution in [0.3, 0.4) is 0 Å². The van der Waals surface area contributed by atoms with E-state index in [1.54, 1.807) is 0 Å². The van der Waals surface area contributed by atoms with Crippen molar-refractivity contribution < 1.29 is 4.39 Å². The number of halogens is 1. The highest BCUT2D eigenvalue weighted by Crippen LogP contribution is 2.31. The minimum atomic E-state index is -0.168. The van der Waals surface area contributed by atoms with Gasteiger partial charge in [0, 0.05) is 38.3 Å². The summed E-state index contributed by atoms with van der Waals surface area (Å²) in [6.45, 7) is 4.12. The lowest BCUT2D eigenvalue weighted by atomic mass is 10.1. The van der Waals surface area contributed by atoms with Crippen molar-refractivity contribution in [1.82, 2.24) is 14.9 Å². The van der Waals surface area contributed by atoms with Crippen LogP contribution in [-0.2, 0) is 0 Å². The van der Waals surface area contributed by atoms with Crippen molar-refractivity contribution in [2.45, 2.75) is 12.5 Å². The number of imidazole rings is 1. The van der Waals surface area contributed by atoms with Crippen LogP contribution in [0.4, 0.5) is 10.1 Å². The second-order valence-electron chi connectivity index (χ2n) is 5.36. The predicted octanol–water partition coefficient (Wildman–Crippen LogP) is 2.26. The van der Waals surface area contributed by atoms with E-state index in [-0.39, 0.29) is 5.82 Å². The molecule has 0 amide bonds. The van der Waals surface area contributed by atoms with E-state index in [2.05, 4.69) is 19.8 Å². The van der Waals surface area contributed by atoms with Gasteiger partial charge >= 0.3 is 0 Å². The zero-order valence-corrected chi connectivity index (χ0v) is 11.3. The molecule has 2 saturated heterocycles. The van der Waals surface area contributed by atoms with Gasteiger partial charge < -0.3 is 14.9 Å². The molecule has 4 nitrogen and oxygen atoms in total. The number of aromatic nitrogens is 2. The van der Waals surface area contributed by atoms with Crippen molar-refractivity contribution in [3.8, 4) is 0 Å². The summed E-state index contributed by atoms with van der Waals surface area (Å²) >= 11 is 5.05. The molecule has 0 saturated carbocycles. The van der Waals surface area contributed by atoms with Gasteiger partial charge in [0.05, 0.1) is 16.7 Å². The van der Waals surface area contributed by atoms with E-state index in [0.29, 0.717) is 16.5 Å². The number of hydrogen-bond donors (Lipinski definition) is 2. The number of anilines is 1. The number of piperazine rings is 1. The van der Waals surface area contributed by atoms with E-state index in [4.69, 9.17) is 12.2 Å². The van der Waals surface area contributed by atoms with Crippen LogP contribution in [0.25, 0.3) is 11.0 Å². The highest BCUT2D eigenvalue weighted by Gasteiger charge is 2.33. The first kappa shape index (κ1) is 11.4. The lowest BCUT2D eigenvalue weighted by Crippen LogP contribution is -2.47. The van der Waals surface area contributed by atoms with E-state index in [9.17, 15) is 4.39 Å². The number of fused-ring (bicyclic) bond motifs is 3. The summed E-state index contributed by atoms with van der Waals surface area (Å²) in [6, 6.07) is 3.87. The maximum atomic E-state index is 14.3. The minimum absolute atomic E-state index is 0.168. The quantitative estimate of drug-likeness (QED) is 0.786. The second-order valence-corrected chi connectivity index (χ2v) is 5.77. The molecule has 2 aliphatic rings. The van der Waals surface area contributed by atoms with Crippen molar-refractivity contribution in [2.75, 3.05) is 31.1 Å². The molecule has 2 atom stereocenters. The summed E-state index contributed by atoms with van der Waals surface area (Å²) in [4.78, 5) is 10.7. The lowest BCUT2D eigenvalue weighted by molar-refractivity contribution is 0.310. The number of H-pyrrole nitrogens is 2. The average molecular weight is 278 g/mol. The molecule has 6 heteroatoms. The Balaban J connectivity index is 1.81. The van der Waals surface area contributed by atoms with Crippen LogP contribution in [0.5, 0.6) is 0 Å². The molecule has 0 radical (unpaired) electrons. The number of rotatable bonds is 1. The minimum Gasteiger partial charge on any atom is -0.364 e. The van der Waals surface area contributed by atoms with Crippen molar-refractivity contribution in [3.05, 3.63) is 22.7 Å². The van der Waals surface area contributed by atoms with Crippen molar-refractivity contribution in [3.63, 3.8) is 0 Å². The van der Waals surface area contributed by atoms with E-state index in [1.807, 2.05) is 6.07 Å². The van der Waals surface area contributed by atoms with Gasteiger partial charge in [-0.1, -0.05) is 0 Å². The third kappa shape index (κ3) is 1.78. The molecule has 100 valence electrons. The summed E-state index contributed by atoms with van der Waals surface area (Å²) in [7, 11) is 0. The van der Waals surface area contributed by atoms with Gasteiger partial charge in [-0.05, 0) is 24.7 Å². The van der Waals surface area contributed by atoms with Crippen LogP contribution < -0.4 is 4.90 Å². The van der Waals surface area contributed by atoms with Crippen LogP contribution in [0.15, 0.2) is 12.1 Å². The molecule has 1 aromatic heterocycles. The maximum Gasteiger partial charge on any atom is 0.175 e. The first-order valence-corrected chi connectivity index (χ1v) is 7.02. The van der Waals surface area contributed by atoms with Crippen LogP contribution in [0.1, 0.15) is 6.42 Å². The van der Waals surface area contributed by atoms with Crippen molar-refractivity contribution in [2.24, 2.45) is 0 Å². The summed E-state index contributed by atoms with van der Waals surface area (Å²) in [6.07, 6.45) is 1.13. The Hall–Kier alpha value is -1.40. The number of nitrogens with one attached hydrogen (secondary N) is 2. The molecule has 2 aromatic rings. The molecule has 4 rings (SSSR count). The molecular formula is C13H15FN4S. The summed E-state index contributed by atoms with van der Waals surface area (Å²) < 4.78 is 14.9. The molecule has 2 bridgehead atoms. The number of nitrogens with zero attached hydrogens (tertiary/aromatic N) is 2. The number of aromatic amines is 2. The first-order valence-electron chi connectivity index (χ1n) is 6.61. The summed E-state index contributed by atoms with van der Waals surface area (Å²) in [5, 5.41) is 0. The highest BCUT2D eigenvalue weighted by atomic mass is 32.1. The first-order chi connectivity index (χ1) is 9.20. The highest BCUT2D eigenvalue weighted by molar-refractivity contribution is 7.71. The van der Waals surface area contributed by atoms with E-state index < -0.39 is 0 Å². The Kier molecular flexibility index (Phi) is 2.43. The monoisotopic (exact) mass is 278 g/mol. The fourth-order valence-electron chi connectivity index (χ4n) is 3.28. The molecule has 0 spiro atoms. The van der Waals surface area contributed by atoms with E-state index >= 15 is 0 Å². The van der Waals surface area contributed by atoms with Crippen LogP contribution in [-0.4, -0.2) is 47.1 Å². The normalized spacial score (nSPS) is 26.3. The zero-order chi connectivity index (χ0) is 13.0. The SMILES string of the molecule is Fc1cc2[nH]c(=S)[nH]c2cc1N1CCN2CCC1C2. The zero-order valence-electron chi connectivity index (χ0n) is 10.4. The van der Waals surface area contributed by atoms with Gasteiger partial charge in [0.15, 0.2) is 4.77 Å². The smallest absolute Gasteiger partial charge is 0.175 e. The number of benzene rings is 1. The third-order valence-electron chi connectivity index (χ3n) is 4.24. The maximum absolute atomic E-state index is 14.3. The second kappa shape index (κ2) is 4.05. The lowest BCUT2D eigenvalue weighted by Gasteiger charge is -2.36. The standard InChI is InChI=1S/C13H15FN4S/c14-9-5-10-11(16-13(19)15-10)6-12(9)18-4-3-17-2-1-8(18)7-17/h5-6,8H,1-4,7H2,(H2,15,16,19). The molecule has 19 heavy (non-hydrogen) atoms. The molecule has 2 unspecified atom stereocenters. The fraction of sp³-hybridized carbons (Fsp3) is 0.462. The van der Waals surface area contributed by atoms with Crippen LogP contribution in [0, 0.1) is 10.6 Å². The average Bonchev–Trinajstić information content (AvgIpc) is 2.92. The molecule has 3 heterocycles. The van der Waals surface area contributed by atoms with Crippen LogP contribution in [0.2, 0.25) is 0 Å². The fourth-order valence-corrected chi connectivity index (χ4v) is 3.50. The van der Waals surface area contributed by atoms with Crippen molar-refractivity contribution in [1.29, 1.82) is 0 Å². The molecule has 2 fully saturated rings. The van der Waals surface area contributed by atoms with Gasteiger partial charge in [-0.15, -0.1) is 0 Å². The Morgan fingerprint density at radius 3 is 2.79 bits per heavy atom. The van der Waals surface area contributed by atoms with Crippen molar-refractivity contribution >= 4 is 28.9 Å². The van der Waals surface area contributed by atoms with Gasteiger partial charge in [0.1, 0.15) is 5.82 Å². The molecule has 2 aliphatic heterocycles. The van der Waals surface area contributed by atoms with Gasteiger partial charge in [0.2, 0.25) is 0 Å². The Morgan fingerprint density at radius 2 is 1.95 bits per heavy atom.